The minimum atomic E-state index is -0.727. The minimum Gasteiger partial charge on any atom is -0.481 e. The maximum Gasteiger partial charge on any atom is 0.306 e. The van der Waals surface area contributed by atoms with Gasteiger partial charge in [0.25, 0.3) is 6.01 Å². The molecule has 210 valence electrons. The van der Waals surface area contributed by atoms with Gasteiger partial charge in [0.1, 0.15) is 6.10 Å². The number of hydrogen-bond acceptors (Lipinski definition) is 6. The van der Waals surface area contributed by atoms with E-state index in [2.05, 4.69) is 58.5 Å². The van der Waals surface area contributed by atoms with E-state index in [1.807, 2.05) is 12.1 Å². The number of nitrogens with zero attached hydrogens (tertiary/aromatic N) is 1. The summed E-state index contributed by atoms with van der Waals surface area (Å²) in [5, 5.41) is 18.5. The van der Waals surface area contributed by atoms with Crippen LogP contribution in [0.3, 0.4) is 0 Å². The molecule has 0 bridgehead atoms. The summed E-state index contributed by atoms with van der Waals surface area (Å²) in [4.78, 5) is 19.0. The summed E-state index contributed by atoms with van der Waals surface area (Å²) in [5.41, 5.74) is 6.71. The molecule has 40 heavy (non-hydrogen) atoms. The van der Waals surface area contributed by atoms with E-state index in [9.17, 15) is 9.90 Å². The zero-order valence-corrected chi connectivity index (χ0v) is 22.9. The van der Waals surface area contributed by atoms with Crippen molar-refractivity contribution >= 4 is 28.6 Å². The number of hydrogen-bond donors (Lipinski definition) is 3. The number of carboxylic acid groups (broad SMARTS) is 1. The maximum atomic E-state index is 11.2. The molecule has 4 aromatic rings. The maximum absolute atomic E-state index is 11.2. The monoisotopic (exact) mass is 564 g/mol. The Balaban J connectivity index is 1.21. The van der Waals surface area contributed by atoms with E-state index in [1.165, 1.54) is 0 Å². The van der Waals surface area contributed by atoms with Crippen molar-refractivity contribution in [1.82, 2.24) is 9.97 Å². The van der Waals surface area contributed by atoms with Crippen molar-refractivity contribution < 1.29 is 29.2 Å². The van der Waals surface area contributed by atoms with E-state index in [4.69, 9.17) is 30.9 Å². The lowest BCUT2D eigenvalue weighted by atomic mass is 9.87. The van der Waals surface area contributed by atoms with Gasteiger partial charge in [-0.05, 0) is 60.1 Å². The van der Waals surface area contributed by atoms with Gasteiger partial charge in [-0.2, -0.15) is 4.98 Å². The van der Waals surface area contributed by atoms with Crippen molar-refractivity contribution in [2.24, 2.45) is 5.92 Å². The van der Waals surface area contributed by atoms with E-state index in [1.54, 1.807) is 0 Å². The summed E-state index contributed by atoms with van der Waals surface area (Å²) < 4.78 is 16.9. The van der Waals surface area contributed by atoms with Gasteiger partial charge in [-0.3, -0.25) is 4.79 Å². The molecule has 0 spiro atoms. The molecule has 0 unspecified atom stereocenters. The predicted octanol–water partition coefficient (Wildman–Crippen LogP) is 6.10. The van der Waals surface area contributed by atoms with Crippen LogP contribution in [-0.4, -0.2) is 58.7 Å². The third-order valence-electron chi connectivity index (χ3n) is 7.21. The third-order valence-corrected chi connectivity index (χ3v) is 7.52. The summed E-state index contributed by atoms with van der Waals surface area (Å²) >= 11 is 6.66. The standard InChI is InChI=1S/C31H33ClN2O6/c32-27-18-29-28(33-31(34-29)40-25-11-9-24(10-12-25)30(36)37)17-26(27)23-7-5-22(6-8-23)21-3-1-20(2-4-21)19-39-16-15-38-14-13-35/h1-8,17-18,24-25,35H,9-16,19H2,(H,33,34)(H,36,37). The molecule has 3 N–H and O–H groups in total. The Hall–Kier alpha value is -3.43. The first-order valence-corrected chi connectivity index (χ1v) is 13.9. The van der Waals surface area contributed by atoms with Crippen molar-refractivity contribution in [1.29, 1.82) is 0 Å². The van der Waals surface area contributed by atoms with Crippen LogP contribution in [0.15, 0.2) is 60.7 Å². The van der Waals surface area contributed by atoms with Crippen LogP contribution < -0.4 is 4.74 Å². The molecule has 1 heterocycles. The second-order valence-corrected chi connectivity index (χ2v) is 10.4. The highest BCUT2D eigenvalue weighted by Crippen LogP contribution is 2.34. The number of fused-ring (bicyclic) bond motifs is 1. The predicted molar refractivity (Wildman–Crippen MR) is 154 cm³/mol. The smallest absolute Gasteiger partial charge is 0.306 e. The zero-order valence-electron chi connectivity index (χ0n) is 22.1. The van der Waals surface area contributed by atoms with E-state index in [0.29, 0.717) is 63.1 Å². The number of benzene rings is 3. The summed E-state index contributed by atoms with van der Waals surface area (Å²) in [6.07, 6.45) is 2.59. The van der Waals surface area contributed by atoms with Crippen LogP contribution in [0, 0.1) is 5.92 Å². The molecule has 1 aromatic heterocycles. The lowest BCUT2D eigenvalue weighted by molar-refractivity contribution is -0.143. The van der Waals surface area contributed by atoms with Crippen LogP contribution in [-0.2, 0) is 20.9 Å². The van der Waals surface area contributed by atoms with Crippen LogP contribution in [0.2, 0.25) is 5.02 Å². The number of imidazole rings is 1. The Morgan fingerprint density at radius 1 is 0.900 bits per heavy atom. The number of rotatable bonds is 12. The van der Waals surface area contributed by atoms with E-state index >= 15 is 0 Å². The molecule has 0 radical (unpaired) electrons. The van der Waals surface area contributed by atoms with Gasteiger partial charge in [0.2, 0.25) is 0 Å². The number of H-pyrrole nitrogens is 1. The van der Waals surface area contributed by atoms with Gasteiger partial charge in [0.05, 0.1) is 55.0 Å². The number of aliphatic hydroxyl groups excluding tert-OH is 1. The highest BCUT2D eigenvalue weighted by Gasteiger charge is 2.27. The Morgan fingerprint density at radius 3 is 2.23 bits per heavy atom. The van der Waals surface area contributed by atoms with Gasteiger partial charge < -0.3 is 29.4 Å². The Morgan fingerprint density at radius 2 is 1.55 bits per heavy atom. The average Bonchev–Trinajstić information content (AvgIpc) is 3.36. The highest BCUT2D eigenvalue weighted by molar-refractivity contribution is 6.34. The topological polar surface area (TPSA) is 114 Å². The first-order valence-electron chi connectivity index (χ1n) is 13.5. The number of ether oxygens (including phenoxy) is 3. The summed E-state index contributed by atoms with van der Waals surface area (Å²) in [5.74, 6) is -1.01. The second-order valence-electron chi connectivity index (χ2n) is 9.98. The minimum absolute atomic E-state index is 0.0195. The van der Waals surface area contributed by atoms with Crippen molar-refractivity contribution in [2.75, 3.05) is 26.4 Å². The molecule has 1 aliphatic rings. The van der Waals surface area contributed by atoms with Gasteiger partial charge in [-0.1, -0.05) is 60.1 Å². The summed E-state index contributed by atoms with van der Waals surface area (Å²) in [6.45, 7) is 1.81. The highest BCUT2D eigenvalue weighted by atomic mass is 35.5. The number of aliphatic hydroxyl groups is 1. The average molecular weight is 565 g/mol. The lowest BCUT2D eigenvalue weighted by Gasteiger charge is -2.25. The van der Waals surface area contributed by atoms with Crippen molar-refractivity contribution in [3.05, 3.63) is 71.2 Å². The molecule has 5 rings (SSSR count). The van der Waals surface area contributed by atoms with E-state index in [-0.39, 0.29) is 18.6 Å². The molecular formula is C31H33ClN2O6. The van der Waals surface area contributed by atoms with Gasteiger partial charge in [0.15, 0.2) is 0 Å². The van der Waals surface area contributed by atoms with E-state index < -0.39 is 5.97 Å². The number of carboxylic acids is 1. The number of halogens is 1. The fourth-order valence-corrected chi connectivity index (χ4v) is 5.25. The molecule has 0 amide bonds. The van der Waals surface area contributed by atoms with Gasteiger partial charge in [-0.25, -0.2) is 0 Å². The summed E-state index contributed by atoms with van der Waals surface area (Å²) in [7, 11) is 0. The Bertz CT molecular complexity index is 1410. The Labute approximate surface area is 237 Å². The lowest BCUT2D eigenvalue weighted by Crippen LogP contribution is -2.28. The van der Waals surface area contributed by atoms with Crippen molar-refractivity contribution in [3.8, 4) is 28.3 Å². The molecule has 1 saturated carbocycles. The van der Waals surface area contributed by atoms with Crippen LogP contribution >= 0.6 is 11.6 Å². The fraction of sp³-hybridized carbons (Fsp3) is 0.355. The molecule has 0 atom stereocenters. The molecule has 9 heteroatoms. The molecular weight excluding hydrogens is 532 g/mol. The van der Waals surface area contributed by atoms with Crippen LogP contribution in [0.4, 0.5) is 0 Å². The van der Waals surface area contributed by atoms with Crippen LogP contribution in [0.1, 0.15) is 31.2 Å². The summed E-state index contributed by atoms with van der Waals surface area (Å²) in [6, 6.07) is 20.8. The van der Waals surface area contributed by atoms with Crippen molar-refractivity contribution in [3.63, 3.8) is 0 Å². The van der Waals surface area contributed by atoms with Crippen LogP contribution in [0.25, 0.3) is 33.3 Å². The molecule has 1 fully saturated rings. The number of aliphatic carboxylic acids is 1. The Kier molecular flexibility index (Phi) is 9.34. The SMILES string of the molecule is O=C(O)C1CCC(Oc2nc3cc(-c4ccc(-c5ccc(COCCOCCO)cc5)cc4)c(Cl)cc3[nH]2)CC1. The number of carbonyl (C=O) groups is 1. The molecule has 8 nitrogen and oxygen atoms in total. The third kappa shape index (κ3) is 7.01. The largest absolute Gasteiger partial charge is 0.481 e. The van der Waals surface area contributed by atoms with Gasteiger partial charge >= 0.3 is 5.97 Å². The van der Waals surface area contributed by atoms with Gasteiger partial charge in [-0.15, -0.1) is 0 Å². The number of aromatic nitrogens is 2. The quantitative estimate of drug-likeness (QED) is 0.178. The zero-order chi connectivity index (χ0) is 27.9. The van der Waals surface area contributed by atoms with E-state index in [0.717, 1.165) is 38.9 Å². The first kappa shape index (κ1) is 28.1. The molecule has 0 aliphatic heterocycles. The normalized spacial score (nSPS) is 17.2. The fourth-order valence-electron chi connectivity index (χ4n) is 4.98. The molecule has 1 aliphatic carbocycles. The number of nitrogens with one attached hydrogen (secondary N) is 1. The molecule has 3 aromatic carbocycles. The van der Waals surface area contributed by atoms with Crippen molar-refractivity contribution in [2.45, 2.75) is 38.4 Å². The first-order chi connectivity index (χ1) is 19.5. The molecule has 0 saturated heterocycles. The van der Waals surface area contributed by atoms with Gasteiger partial charge in [0, 0.05) is 5.56 Å². The number of aromatic amines is 1. The van der Waals surface area contributed by atoms with Crippen LogP contribution in [0.5, 0.6) is 6.01 Å². The second kappa shape index (κ2) is 13.3.